The molecule has 6 heteroatoms. The number of hydrogen-bond acceptors (Lipinski definition) is 4. The number of pyridine rings is 1. The van der Waals surface area contributed by atoms with Crippen LogP contribution >= 0.6 is 0 Å². The number of carbonyl (C=O) groups excluding carboxylic acids is 2. The monoisotopic (exact) mass is 244 g/mol. The topological polar surface area (TPSA) is 90.9 Å². The van der Waals surface area contributed by atoms with E-state index in [2.05, 4.69) is 10.1 Å². The molecule has 0 aliphatic carbocycles. The SMILES string of the molecule is CC(=O)c1cccc(Cn2ccc(C(N)=O)n2)n1. The van der Waals surface area contributed by atoms with Gasteiger partial charge in [-0.15, -0.1) is 0 Å². The molecule has 1 amide bonds. The van der Waals surface area contributed by atoms with E-state index in [-0.39, 0.29) is 11.5 Å². The molecule has 2 rings (SSSR count). The van der Waals surface area contributed by atoms with Gasteiger partial charge in [0.15, 0.2) is 5.78 Å². The molecular weight excluding hydrogens is 232 g/mol. The number of carbonyl (C=O) groups is 2. The van der Waals surface area contributed by atoms with E-state index in [0.29, 0.717) is 17.9 Å². The fraction of sp³-hybridized carbons (Fsp3) is 0.167. The average molecular weight is 244 g/mol. The predicted octanol–water partition coefficient (Wildman–Crippen LogP) is 0.628. The van der Waals surface area contributed by atoms with Crippen LogP contribution in [0, 0.1) is 0 Å². The molecule has 18 heavy (non-hydrogen) atoms. The number of amides is 1. The molecule has 0 bridgehead atoms. The summed E-state index contributed by atoms with van der Waals surface area (Å²) in [6.07, 6.45) is 1.64. The summed E-state index contributed by atoms with van der Waals surface area (Å²) in [5, 5.41) is 4.00. The molecule has 0 aliphatic heterocycles. The smallest absolute Gasteiger partial charge is 0.269 e. The van der Waals surface area contributed by atoms with Gasteiger partial charge in [-0.1, -0.05) is 6.07 Å². The number of hydrogen-bond donors (Lipinski definition) is 1. The zero-order chi connectivity index (χ0) is 13.1. The van der Waals surface area contributed by atoms with Crippen LogP contribution in [0.25, 0.3) is 0 Å². The maximum absolute atomic E-state index is 11.2. The number of aromatic nitrogens is 3. The summed E-state index contributed by atoms with van der Waals surface area (Å²) in [6, 6.07) is 6.75. The largest absolute Gasteiger partial charge is 0.364 e. The van der Waals surface area contributed by atoms with Crippen molar-refractivity contribution in [1.29, 1.82) is 0 Å². The molecule has 0 spiro atoms. The van der Waals surface area contributed by atoms with Crippen molar-refractivity contribution < 1.29 is 9.59 Å². The zero-order valence-corrected chi connectivity index (χ0v) is 9.83. The van der Waals surface area contributed by atoms with Crippen LogP contribution in [0.3, 0.4) is 0 Å². The van der Waals surface area contributed by atoms with Gasteiger partial charge in [-0.3, -0.25) is 14.3 Å². The summed E-state index contributed by atoms with van der Waals surface area (Å²) in [7, 11) is 0. The third kappa shape index (κ3) is 2.60. The lowest BCUT2D eigenvalue weighted by molar-refractivity contribution is 0.0991. The van der Waals surface area contributed by atoms with E-state index in [1.807, 2.05) is 0 Å². The number of nitrogens with two attached hydrogens (primary N) is 1. The van der Waals surface area contributed by atoms with Crippen molar-refractivity contribution in [2.45, 2.75) is 13.5 Å². The minimum Gasteiger partial charge on any atom is -0.364 e. The van der Waals surface area contributed by atoms with Crippen LogP contribution in [-0.4, -0.2) is 26.5 Å². The third-order valence-corrected chi connectivity index (χ3v) is 2.38. The van der Waals surface area contributed by atoms with E-state index in [1.165, 1.54) is 13.0 Å². The van der Waals surface area contributed by atoms with Crippen molar-refractivity contribution >= 4 is 11.7 Å². The average Bonchev–Trinajstić information content (AvgIpc) is 2.78. The van der Waals surface area contributed by atoms with Crippen molar-refractivity contribution in [2.24, 2.45) is 5.73 Å². The van der Waals surface area contributed by atoms with E-state index in [0.717, 1.165) is 0 Å². The maximum atomic E-state index is 11.2. The van der Waals surface area contributed by atoms with Gasteiger partial charge in [0.1, 0.15) is 11.4 Å². The molecule has 0 atom stereocenters. The molecule has 0 aromatic carbocycles. The van der Waals surface area contributed by atoms with E-state index in [9.17, 15) is 9.59 Å². The molecule has 6 nitrogen and oxygen atoms in total. The summed E-state index contributed by atoms with van der Waals surface area (Å²) < 4.78 is 1.55. The first kappa shape index (κ1) is 12.0. The molecule has 2 aromatic heterocycles. The fourth-order valence-electron chi connectivity index (χ4n) is 1.51. The second kappa shape index (κ2) is 4.79. The molecule has 92 valence electrons. The van der Waals surface area contributed by atoms with E-state index < -0.39 is 5.91 Å². The lowest BCUT2D eigenvalue weighted by Gasteiger charge is -2.02. The summed E-state index contributed by atoms with van der Waals surface area (Å²) >= 11 is 0. The molecule has 0 saturated heterocycles. The predicted molar refractivity (Wildman–Crippen MR) is 64.1 cm³/mol. The maximum Gasteiger partial charge on any atom is 0.269 e. The lowest BCUT2D eigenvalue weighted by Crippen LogP contribution is -2.13. The molecule has 0 saturated carbocycles. The molecule has 2 aromatic rings. The Bertz CT molecular complexity index is 604. The Morgan fingerprint density at radius 3 is 2.67 bits per heavy atom. The Labute approximate surface area is 103 Å². The number of Topliss-reactive ketones (excluding diaryl/α,β-unsaturated/α-hetero) is 1. The molecule has 0 aliphatic rings. The van der Waals surface area contributed by atoms with Crippen molar-refractivity contribution in [2.75, 3.05) is 0 Å². The highest BCUT2D eigenvalue weighted by molar-refractivity contribution is 5.92. The van der Waals surface area contributed by atoms with Crippen LogP contribution in [-0.2, 0) is 6.54 Å². The number of primary amides is 1. The van der Waals surface area contributed by atoms with Gasteiger partial charge in [-0.25, -0.2) is 4.98 Å². The van der Waals surface area contributed by atoms with Crippen LogP contribution in [0.5, 0.6) is 0 Å². The summed E-state index contributed by atoms with van der Waals surface area (Å²) in [5.41, 5.74) is 6.42. The number of rotatable bonds is 4. The van der Waals surface area contributed by atoms with Gasteiger partial charge < -0.3 is 5.73 Å². The highest BCUT2D eigenvalue weighted by Gasteiger charge is 2.06. The van der Waals surface area contributed by atoms with Gasteiger partial charge in [0.05, 0.1) is 12.2 Å². The normalized spacial score (nSPS) is 10.3. The molecular formula is C12H12N4O2. The van der Waals surface area contributed by atoms with Crippen LogP contribution in [0.4, 0.5) is 0 Å². The van der Waals surface area contributed by atoms with Gasteiger partial charge in [-0.05, 0) is 18.2 Å². The minimum atomic E-state index is -0.570. The van der Waals surface area contributed by atoms with Crippen molar-refractivity contribution in [3.63, 3.8) is 0 Å². The Morgan fingerprint density at radius 1 is 1.28 bits per heavy atom. The van der Waals surface area contributed by atoms with E-state index in [4.69, 9.17) is 5.73 Å². The highest BCUT2D eigenvalue weighted by atomic mass is 16.1. The van der Waals surface area contributed by atoms with Gasteiger partial charge in [-0.2, -0.15) is 5.10 Å². The van der Waals surface area contributed by atoms with Crippen molar-refractivity contribution in [1.82, 2.24) is 14.8 Å². The fourth-order valence-corrected chi connectivity index (χ4v) is 1.51. The van der Waals surface area contributed by atoms with Crippen LogP contribution < -0.4 is 5.73 Å². The molecule has 2 N–H and O–H groups in total. The lowest BCUT2D eigenvalue weighted by atomic mass is 10.2. The van der Waals surface area contributed by atoms with E-state index >= 15 is 0 Å². The van der Waals surface area contributed by atoms with Crippen LogP contribution in [0.2, 0.25) is 0 Å². The van der Waals surface area contributed by atoms with Crippen molar-refractivity contribution in [3.05, 3.63) is 47.5 Å². The third-order valence-electron chi connectivity index (χ3n) is 2.38. The first-order chi connectivity index (χ1) is 8.56. The molecule has 0 unspecified atom stereocenters. The second-order valence-electron chi connectivity index (χ2n) is 3.83. The minimum absolute atomic E-state index is 0.0878. The van der Waals surface area contributed by atoms with Gasteiger partial charge >= 0.3 is 0 Å². The Kier molecular flexibility index (Phi) is 3.18. The van der Waals surface area contributed by atoms with Crippen LogP contribution in [0.1, 0.15) is 33.6 Å². The van der Waals surface area contributed by atoms with Gasteiger partial charge in [0, 0.05) is 13.1 Å². The summed E-state index contributed by atoms with van der Waals surface area (Å²) in [6.45, 7) is 1.85. The number of nitrogens with zero attached hydrogens (tertiary/aromatic N) is 3. The Balaban J connectivity index is 2.20. The second-order valence-corrected chi connectivity index (χ2v) is 3.83. The first-order valence-electron chi connectivity index (χ1n) is 5.36. The van der Waals surface area contributed by atoms with E-state index in [1.54, 1.807) is 29.1 Å². The standard InChI is InChI=1S/C12H12N4O2/c1-8(17)10-4-2-3-9(14-10)7-16-6-5-11(15-16)12(13)18/h2-6H,7H2,1H3,(H2,13,18). The molecule has 0 radical (unpaired) electrons. The highest BCUT2D eigenvalue weighted by Crippen LogP contribution is 2.03. The molecule has 0 fully saturated rings. The van der Waals surface area contributed by atoms with Gasteiger partial charge in [0.2, 0.25) is 0 Å². The Morgan fingerprint density at radius 2 is 2.06 bits per heavy atom. The quantitative estimate of drug-likeness (QED) is 0.798. The first-order valence-corrected chi connectivity index (χ1v) is 5.36. The zero-order valence-electron chi connectivity index (χ0n) is 9.83. The number of ketones is 1. The summed E-state index contributed by atoms with van der Waals surface area (Å²) in [5.74, 6) is -0.658. The Hall–Kier alpha value is -2.50. The molecule has 2 heterocycles. The van der Waals surface area contributed by atoms with Crippen LogP contribution in [0.15, 0.2) is 30.5 Å². The summed E-state index contributed by atoms with van der Waals surface area (Å²) in [4.78, 5) is 26.3. The van der Waals surface area contributed by atoms with Crippen molar-refractivity contribution in [3.8, 4) is 0 Å². The van der Waals surface area contributed by atoms with Gasteiger partial charge in [0.25, 0.3) is 5.91 Å².